The van der Waals surface area contributed by atoms with Crippen LogP contribution in [0.4, 0.5) is 0 Å². The predicted molar refractivity (Wildman–Crippen MR) is 60.2 cm³/mol. The number of pyridine rings is 1. The number of methoxy groups -OCH3 is 1. The summed E-state index contributed by atoms with van der Waals surface area (Å²) in [5.41, 5.74) is 2.38. The molecule has 1 aliphatic heterocycles. The van der Waals surface area contributed by atoms with Gasteiger partial charge in [0.05, 0.1) is 7.11 Å². The highest BCUT2D eigenvalue weighted by Gasteiger charge is 2.15. The molecular weight excluding hydrogens is 188 g/mol. The van der Waals surface area contributed by atoms with Crippen molar-refractivity contribution in [2.24, 2.45) is 5.92 Å². The van der Waals surface area contributed by atoms with E-state index in [1.807, 2.05) is 13.0 Å². The molecule has 0 saturated carbocycles. The Morgan fingerprint density at radius 1 is 1.53 bits per heavy atom. The molecule has 15 heavy (non-hydrogen) atoms. The Bertz CT molecular complexity index is 332. The molecule has 0 unspecified atom stereocenters. The van der Waals surface area contributed by atoms with E-state index in [0.717, 1.165) is 37.0 Å². The molecule has 0 spiro atoms. The van der Waals surface area contributed by atoms with Gasteiger partial charge >= 0.3 is 0 Å². The predicted octanol–water partition coefficient (Wildman–Crippen LogP) is 1.55. The fraction of sp³-hybridized carbons (Fsp3) is 0.583. The van der Waals surface area contributed by atoms with Crippen LogP contribution >= 0.6 is 0 Å². The first-order valence-electron chi connectivity index (χ1n) is 5.50. The zero-order valence-electron chi connectivity index (χ0n) is 9.42. The fourth-order valence-corrected chi connectivity index (χ4v) is 2.15. The first-order valence-corrected chi connectivity index (χ1v) is 5.50. The average molecular weight is 206 g/mol. The third kappa shape index (κ3) is 2.69. The molecule has 0 aromatic carbocycles. The van der Waals surface area contributed by atoms with Crippen LogP contribution in [0.15, 0.2) is 12.1 Å². The van der Waals surface area contributed by atoms with Gasteiger partial charge in [-0.2, -0.15) is 0 Å². The molecule has 1 N–H and O–H groups in total. The lowest BCUT2D eigenvalue weighted by molar-refractivity contribution is 0.395. The van der Waals surface area contributed by atoms with Crippen molar-refractivity contribution in [3.63, 3.8) is 0 Å². The minimum atomic E-state index is 0.732. The quantitative estimate of drug-likeness (QED) is 0.814. The van der Waals surface area contributed by atoms with E-state index in [-0.39, 0.29) is 0 Å². The Hall–Kier alpha value is -1.09. The van der Waals surface area contributed by atoms with Gasteiger partial charge in [-0.15, -0.1) is 0 Å². The van der Waals surface area contributed by atoms with E-state index in [0.29, 0.717) is 0 Å². The largest absolute Gasteiger partial charge is 0.481 e. The first-order chi connectivity index (χ1) is 7.28. The Morgan fingerprint density at radius 3 is 3.07 bits per heavy atom. The molecule has 3 nitrogen and oxygen atoms in total. The Morgan fingerprint density at radius 2 is 2.40 bits per heavy atom. The zero-order valence-corrected chi connectivity index (χ0v) is 9.42. The number of rotatable bonds is 3. The van der Waals surface area contributed by atoms with E-state index in [2.05, 4.69) is 16.4 Å². The van der Waals surface area contributed by atoms with Crippen molar-refractivity contribution in [3.05, 3.63) is 23.4 Å². The second-order valence-electron chi connectivity index (χ2n) is 4.22. The minimum absolute atomic E-state index is 0.732. The van der Waals surface area contributed by atoms with Crippen LogP contribution in [0.5, 0.6) is 5.88 Å². The van der Waals surface area contributed by atoms with Crippen molar-refractivity contribution in [2.45, 2.75) is 19.8 Å². The maximum absolute atomic E-state index is 5.17. The summed E-state index contributed by atoms with van der Waals surface area (Å²) in [4.78, 5) is 4.29. The average Bonchev–Trinajstić information content (AvgIpc) is 2.69. The second-order valence-corrected chi connectivity index (χ2v) is 4.22. The summed E-state index contributed by atoms with van der Waals surface area (Å²) in [5.74, 6) is 1.51. The van der Waals surface area contributed by atoms with Crippen molar-refractivity contribution in [1.29, 1.82) is 0 Å². The molecule has 1 aromatic heterocycles. The highest BCUT2D eigenvalue weighted by molar-refractivity contribution is 5.25. The molecule has 1 aliphatic rings. The van der Waals surface area contributed by atoms with Crippen LogP contribution in [0.3, 0.4) is 0 Å². The van der Waals surface area contributed by atoms with E-state index in [4.69, 9.17) is 4.74 Å². The van der Waals surface area contributed by atoms with Crippen LogP contribution in [0.2, 0.25) is 0 Å². The van der Waals surface area contributed by atoms with Gasteiger partial charge in [0.2, 0.25) is 5.88 Å². The van der Waals surface area contributed by atoms with Gasteiger partial charge in [0.15, 0.2) is 0 Å². The molecule has 3 heteroatoms. The molecule has 0 aliphatic carbocycles. The number of hydrogen-bond acceptors (Lipinski definition) is 3. The minimum Gasteiger partial charge on any atom is -0.481 e. The van der Waals surface area contributed by atoms with E-state index in [9.17, 15) is 0 Å². The van der Waals surface area contributed by atoms with Gasteiger partial charge in [-0.1, -0.05) is 0 Å². The Labute approximate surface area is 90.9 Å². The lowest BCUT2D eigenvalue weighted by Gasteiger charge is -2.10. The number of aromatic nitrogens is 1. The van der Waals surface area contributed by atoms with Crippen molar-refractivity contribution in [1.82, 2.24) is 10.3 Å². The normalized spacial score (nSPS) is 20.5. The van der Waals surface area contributed by atoms with E-state index >= 15 is 0 Å². The van der Waals surface area contributed by atoms with Crippen molar-refractivity contribution < 1.29 is 4.74 Å². The summed E-state index contributed by atoms with van der Waals surface area (Å²) < 4.78 is 5.17. The van der Waals surface area contributed by atoms with Gasteiger partial charge in [0.1, 0.15) is 0 Å². The number of nitrogens with one attached hydrogen (secondary N) is 1. The van der Waals surface area contributed by atoms with Crippen molar-refractivity contribution >= 4 is 0 Å². The third-order valence-corrected chi connectivity index (χ3v) is 2.89. The van der Waals surface area contributed by atoms with Gasteiger partial charge < -0.3 is 10.1 Å². The van der Waals surface area contributed by atoms with E-state index in [1.54, 1.807) is 7.11 Å². The fourth-order valence-electron chi connectivity index (χ4n) is 2.15. The molecule has 82 valence electrons. The number of ether oxygens (including phenoxy) is 1. The van der Waals surface area contributed by atoms with Gasteiger partial charge in [0.25, 0.3) is 0 Å². The van der Waals surface area contributed by atoms with Crippen LogP contribution in [-0.4, -0.2) is 25.2 Å². The summed E-state index contributed by atoms with van der Waals surface area (Å²) in [7, 11) is 1.67. The summed E-state index contributed by atoms with van der Waals surface area (Å²) in [5, 5.41) is 3.39. The van der Waals surface area contributed by atoms with E-state index < -0.39 is 0 Å². The number of aryl methyl sites for hydroxylation is 1. The Kier molecular flexibility index (Phi) is 3.21. The number of hydrogen-bond donors (Lipinski definition) is 1. The zero-order chi connectivity index (χ0) is 10.7. The van der Waals surface area contributed by atoms with Gasteiger partial charge in [-0.3, -0.25) is 0 Å². The van der Waals surface area contributed by atoms with Crippen LogP contribution < -0.4 is 10.1 Å². The summed E-state index contributed by atoms with van der Waals surface area (Å²) in [6.45, 7) is 4.31. The van der Waals surface area contributed by atoms with Crippen molar-refractivity contribution in [2.75, 3.05) is 20.2 Å². The molecule has 1 aromatic rings. The standard InChI is InChI=1S/C12H18N2O/c1-9-5-11(7-12(14-9)15-2)6-10-3-4-13-8-10/h5,7,10,13H,3-4,6,8H2,1-2H3/t10-/m0/s1. The monoisotopic (exact) mass is 206 g/mol. The van der Waals surface area contributed by atoms with Crippen LogP contribution in [-0.2, 0) is 6.42 Å². The van der Waals surface area contributed by atoms with E-state index in [1.165, 1.54) is 12.0 Å². The summed E-state index contributed by atoms with van der Waals surface area (Å²) in [6.07, 6.45) is 2.41. The molecule has 0 radical (unpaired) electrons. The molecule has 1 fully saturated rings. The van der Waals surface area contributed by atoms with Crippen LogP contribution in [0.25, 0.3) is 0 Å². The Balaban J connectivity index is 2.09. The molecule has 2 heterocycles. The SMILES string of the molecule is COc1cc(C[C@@H]2CCNC2)cc(C)n1. The molecule has 0 bridgehead atoms. The first kappa shape index (κ1) is 10.4. The summed E-state index contributed by atoms with van der Waals surface area (Å²) >= 11 is 0. The van der Waals surface area contributed by atoms with Crippen LogP contribution in [0.1, 0.15) is 17.7 Å². The molecule has 1 saturated heterocycles. The topological polar surface area (TPSA) is 34.1 Å². The highest BCUT2D eigenvalue weighted by Crippen LogP contribution is 2.18. The van der Waals surface area contributed by atoms with Crippen LogP contribution in [0, 0.1) is 12.8 Å². The van der Waals surface area contributed by atoms with Gasteiger partial charge in [-0.25, -0.2) is 4.98 Å². The second kappa shape index (κ2) is 4.62. The molecule has 0 amide bonds. The lowest BCUT2D eigenvalue weighted by Crippen LogP contribution is -2.11. The molecule has 1 atom stereocenters. The smallest absolute Gasteiger partial charge is 0.213 e. The maximum Gasteiger partial charge on any atom is 0.213 e. The highest BCUT2D eigenvalue weighted by atomic mass is 16.5. The maximum atomic E-state index is 5.17. The number of nitrogens with zero attached hydrogens (tertiary/aromatic N) is 1. The molecular formula is C12H18N2O. The molecule has 2 rings (SSSR count). The third-order valence-electron chi connectivity index (χ3n) is 2.89. The van der Waals surface area contributed by atoms with Gasteiger partial charge in [-0.05, 0) is 50.4 Å². The lowest BCUT2D eigenvalue weighted by atomic mass is 9.99. The summed E-state index contributed by atoms with van der Waals surface area (Å²) in [6, 6.07) is 4.20. The van der Waals surface area contributed by atoms with Crippen molar-refractivity contribution in [3.8, 4) is 5.88 Å². The van der Waals surface area contributed by atoms with Gasteiger partial charge in [0, 0.05) is 11.8 Å².